The van der Waals surface area contributed by atoms with Crippen LogP contribution in [0.15, 0.2) is 42.5 Å². The molecule has 1 saturated carbocycles. The molecular weight excluding hydrogens is 394 g/mol. The van der Waals surface area contributed by atoms with E-state index in [1.54, 1.807) is 32.2 Å². The van der Waals surface area contributed by atoms with Crippen LogP contribution in [0.1, 0.15) is 48.5 Å². The summed E-state index contributed by atoms with van der Waals surface area (Å²) in [6.07, 6.45) is 4.12. The number of amides is 2. The molecule has 2 aromatic carbocycles. The third kappa shape index (κ3) is 5.55. The van der Waals surface area contributed by atoms with Crippen LogP contribution in [0.4, 0.5) is 5.69 Å². The number of nitrogens with zero attached hydrogens (tertiary/aromatic N) is 1. The molecule has 2 atom stereocenters. The first-order valence-electron chi connectivity index (χ1n) is 10.6. The molecule has 0 saturated heterocycles. The fourth-order valence-corrected chi connectivity index (χ4v) is 4.06. The van der Waals surface area contributed by atoms with Crippen LogP contribution in [-0.4, -0.2) is 43.0 Å². The Morgan fingerprint density at radius 3 is 2.32 bits per heavy atom. The topological polar surface area (TPSA) is 93.9 Å². The van der Waals surface area contributed by atoms with Gasteiger partial charge in [0, 0.05) is 36.8 Å². The number of carbonyl (C=O) groups is 2. The quantitative estimate of drug-likeness (QED) is 0.707. The summed E-state index contributed by atoms with van der Waals surface area (Å²) in [6.45, 7) is 2.11. The van der Waals surface area contributed by atoms with E-state index < -0.39 is 0 Å². The highest BCUT2D eigenvalue weighted by molar-refractivity contribution is 6.04. The minimum absolute atomic E-state index is 0.0256. The van der Waals surface area contributed by atoms with Gasteiger partial charge < -0.3 is 25.4 Å². The van der Waals surface area contributed by atoms with Crippen molar-refractivity contribution in [1.29, 1.82) is 0 Å². The summed E-state index contributed by atoms with van der Waals surface area (Å²) >= 11 is 0. The van der Waals surface area contributed by atoms with E-state index in [4.69, 9.17) is 15.2 Å². The van der Waals surface area contributed by atoms with E-state index in [0.29, 0.717) is 29.3 Å². The van der Waals surface area contributed by atoms with Crippen molar-refractivity contribution in [1.82, 2.24) is 4.90 Å². The number of nitrogens with two attached hydrogens (primary N) is 1. The molecule has 31 heavy (non-hydrogen) atoms. The predicted molar refractivity (Wildman–Crippen MR) is 120 cm³/mol. The van der Waals surface area contributed by atoms with Gasteiger partial charge in [-0.15, -0.1) is 0 Å². The Balaban J connectivity index is 1.67. The van der Waals surface area contributed by atoms with Crippen LogP contribution in [0.5, 0.6) is 11.5 Å². The maximum atomic E-state index is 12.6. The molecule has 7 nitrogen and oxygen atoms in total. The third-order valence-electron chi connectivity index (χ3n) is 5.80. The number of hydrogen-bond acceptors (Lipinski definition) is 5. The molecule has 1 fully saturated rings. The molecule has 3 N–H and O–H groups in total. The first kappa shape index (κ1) is 22.6. The number of nitrogens with one attached hydrogen (secondary N) is 1. The minimum atomic E-state index is -0.243. The lowest BCUT2D eigenvalue weighted by Gasteiger charge is -2.38. The van der Waals surface area contributed by atoms with E-state index in [1.165, 1.54) is 7.11 Å². The summed E-state index contributed by atoms with van der Waals surface area (Å²) in [6, 6.07) is 12.7. The number of rotatable bonds is 7. The molecule has 2 unspecified atom stereocenters. The summed E-state index contributed by atoms with van der Waals surface area (Å²) in [4.78, 5) is 26.7. The van der Waals surface area contributed by atoms with Gasteiger partial charge in [0.2, 0.25) is 5.91 Å². The molecule has 3 rings (SSSR count). The lowest BCUT2D eigenvalue weighted by molar-refractivity contribution is -0.133. The summed E-state index contributed by atoms with van der Waals surface area (Å²) in [5, 5.41) is 2.88. The Labute approximate surface area is 183 Å². The fourth-order valence-electron chi connectivity index (χ4n) is 4.06. The van der Waals surface area contributed by atoms with Crippen molar-refractivity contribution in [3.05, 3.63) is 53.6 Å². The number of benzene rings is 2. The molecule has 2 aromatic rings. The van der Waals surface area contributed by atoms with Gasteiger partial charge in [0.15, 0.2) is 11.5 Å². The van der Waals surface area contributed by atoms with Gasteiger partial charge in [-0.3, -0.25) is 9.59 Å². The zero-order valence-corrected chi connectivity index (χ0v) is 18.4. The van der Waals surface area contributed by atoms with E-state index in [0.717, 1.165) is 31.2 Å². The summed E-state index contributed by atoms with van der Waals surface area (Å²) in [5.41, 5.74) is 8.43. The van der Waals surface area contributed by atoms with Crippen LogP contribution in [0.25, 0.3) is 0 Å². The van der Waals surface area contributed by atoms with Gasteiger partial charge in [-0.2, -0.15) is 0 Å². The zero-order valence-electron chi connectivity index (χ0n) is 18.4. The van der Waals surface area contributed by atoms with Crippen LogP contribution in [0.3, 0.4) is 0 Å². The van der Waals surface area contributed by atoms with Crippen molar-refractivity contribution >= 4 is 17.5 Å². The third-order valence-corrected chi connectivity index (χ3v) is 5.80. The maximum Gasteiger partial charge on any atom is 0.255 e. The van der Waals surface area contributed by atoms with Crippen LogP contribution in [0, 0.1) is 0 Å². The standard InChI is InChI=1S/C24H31N3O4/c1-16(28)27(21-7-5-4-6-20(21)25)15-17-8-11-19(12-9-17)26-24(29)18-10-13-22(30-2)23(14-18)31-3/h8-14,20-21H,4-7,15,25H2,1-3H3,(H,26,29). The van der Waals surface area contributed by atoms with E-state index in [9.17, 15) is 9.59 Å². The summed E-state index contributed by atoms with van der Waals surface area (Å²) in [7, 11) is 3.08. The second-order valence-electron chi connectivity index (χ2n) is 7.88. The maximum absolute atomic E-state index is 12.6. The molecule has 166 valence electrons. The fraction of sp³-hybridized carbons (Fsp3) is 0.417. The molecule has 0 spiro atoms. The summed E-state index contributed by atoms with van der Waals surface area (Å²) in [5.74, 6) is 0.854. The van der Waals surface area contributed by atoms with Crippen molar-refractivity contribution in [3.8, 4) is 11.5 Å². The monoisotopic (exact) mass is 425 g/mol. The molecular formula is C24H31N3O4. The van der Waals surface area contributed by atoms with Gasteiger partial charge in [0.25, 0.3) is 5.91 Å². The number of anilines is 1. The molecule has 1 aliphatic rings. The highest BCUT2D eigenvalue weighted by atomic mass is 16.5. The van der Waals surface area contributed by atoms with Crippen molar-refractivity contribution in [2.75, 3.05) is 19.5 Å². The first-order valence-corrected chi connectivity index (χ1v) is 10.6. The zero-order chi connectivity index (χ0) is 22.4. The average molecular weight is 426 g/mol. The van der Waals surface area contributed by atoms with Gasteiger partial charge in [0.1, 0.15) is 0 Å². The molecule has 2 amide bonds. The average Bonchev–Trinajstić information content (AvgIpc) is 2.78. The van der Waals surface area contributed by atoms with E-state index in [2.05, 4.69) is 5.32 Å². The predicted octanol–water partition coefficient (Wildman–Crippen LogP) is 3.57. The molecule has 0 aromatic heterocycles. The van der Waals surface area contributed by atoms with Crippen LogP contribution < -0.4 is 20.5 Å². The van der Waals surface area contributed by atoms with Gasteiger partial charge in [-0.1, -0.05) is 25.0 Å². The normalized spacial score (nSPS) is 18.2. The van der Waals surface area contributed by atoms with Crippen molar-refractivity contribution in [2.24, 2.45) is 5.73 Å². The lowest BCUT2D eigenvalue weighted by atomic mass is 9.89. The van der Waals surface area contributed by atoms with Crippen LogP contribution >= 0.6 is 0 Å². The van der Waals surface area contributed by atoms with Gasteiger partial charge in [-0.25, -0.2) is 0 Å². The van der Waals surface area contributed by atoms with E-state index >= 15 is 0 Å². The van der Waals surface area contributed by atoms with Crippen molar-refractivity contribution < 1.29 is 19.1 Å². The molecule has 1 aliphatic carbocycles. The number of methoxy groups -OCH3 is 2. The summed E-state index contributed by atoms with van der Waals surface area (Å²) < 4.78 is 10.5. The van der Waals surface area contributed by atoms with Gasteiger partial charge in [-0.05, 0) is 48.7 Å². The van der Waals surface area contributed by atoms with E-state index in [1.807, 2.05) is 29.2 Å². The number of carbonyl (C=O) groups excluding carboxylic acids is 2. The Kier molecular flexibility index (Phi) is 7.52. The Hall–Kier alpha value is -3.06. The molecule has 0 heterocycles. The second-order valence-corrected chi connectivity index (χ2v) is 7.88. The Bertz CT molecular complexity index is 914. The Morgan fingerprint density at radius 1 is 1.03 bits per heavy atom. The molecule has 0 bridgehead atoms. The first-order chi connectivity index (χ1) is 14.9. The smallest absolute Gasteiger partial charge is 0.255 e. The number of hydrogen-bond donors (Lipinski definition) is 2. The molecule has 0 aliphatic heterocycles. The van der Waals surface area contributed by atoms with Crippen LogP contribution in [-0.2, 0) is 11.3 Å². The lowest BCUT2D eigenvalue weighted by Crippen LogP contribution is -2.50. The van der Waals surface area contributed by atoms with Gasteiger partial charge in [0.05, 0.1) is 14.2 Å². The highest BCUT2D eigenvalue weighted by Crippen LogP contribution is 2.28. The largest absolute Gasteiger partial charge is 0.493 e. The minimum Gasteiger partial charge on any atom is -0.493 e. The SMILES string of the molecule is COc1ccc(C(=O)Nc2ccc(CN(C(C)=O)C3CCCCC3N)cc2)cc1OC. The van der Waals surface area contributed by atoms with Gasteiger partial charge >= 0.3 is 0 Å². The molecule has 7 heteroatoms. The number of ether oxygens (including phenoxy) is 2. The van der Waals surface area contributed by atoms with E-state index in [-0.39, 0.29) is 23.9 Å². The van der Waals surface area contributed by atoms with Crippen molar-refractivity contribution in [2.45, 2.75) is 51.2 Å². The van der Waals surface area contributed by atoms with Crippen molar-refractivity contribution in [3.63, 3.8) is 0 Å². The Morgan fingerprint density at radius 2 is 1.71 bits per heavy atom. The van der Waals surface area contributed by atoms with Crippen LogP contribution in [0.2, 0.25) is 0 Å². The molecule has 0 radical (unpaired) electrons. The highest BCUT2D eigenvalue weighted by Gasteiger charge is 2.29. The second kappa shape index (κ2) is 10.3.